The largest absolute Gasteiger partial charge is 0.342 e. The van der Waals surface area contributed by atoms with Crippen LogP contribution in [-0.2, 0) is 4.79 Å². The van der Waals surface area contributed by atoms with Crippen molar-refractivity contribution < 1.29 is 4.79 Å². The lowest BCUT2D eigenvalue weighted by atomic mass is 9.93. The van der Waals surface area contributed by atoms with Gasteiger partial charge in [-0.15, -0.1) is 0 Å². The van der Waals surface area contributed by atoms with Crippen molar-refractivity contribution in [2.24, 2.45) is 11.7 Å². The van der Waals surface area contributed by atoms with Crippen LogP contribution in [0, 0.1) is 5.92 Å². The van der Waals surface area contributed by atoms with Gasteiger partial charge < -0.3 is 15.5 Å². The van der Waals surface area contributed by atoms with Crippen molar-refractivity contribution in [3.8, 4) is 0 Å². The number of amides is 1. The molecule has 21 heavy (non-hydrogen) atoms. The summed E-state index contributed by atoms with van der Waals surface area (Å²) in [4.78, 5) is 16.9. The van der Waals surface area contributed by atoms with Gasteiger partial charge in [0.1, 0.15) is 0 Å². The Morgan fingerprint density at radius 2 is 1.86 bits per heavy atom. The molecular formula is C17H27N3O. The van der Waals surface area contributed by atoms with Gasteiger partial charge in [0.2, 0.25) is 5.91 Å². The Bertz CT molecular complexity index is 454. The Balaban J connectivity index is 1.98. The number of carbonyl (C=O) groups is 1. The summed E-state index contributed by atoms with van der Waals surface area (Å²) in [6.45, 7) is 4.05. The second-order valence-corrected chi connectivity index (χ2v) is 6.21. The highest BCUT2D eigenvalue weighted by Gasteiger charge is 2.30. The maximum absolute atomic E-state index is 12.7. The Morgan fingerprint density at radius 1 is 1.29 bits per heavy atom. The minimum Gasteiger partial charge on any atom is -0.342 e. The summed E-state index contributed by atoms with van der Waals surface area (Å²) in [7, 11) is 4.05. The number of carbonyl (C=O) groups excluding carboxylic acids is 1. The number of hydrogen-bond donors (Lipinski definition) is 1. The van der Waals surface area contributed by atoms with Crippen molar-refractivity contribution in [1.29, 1.82) is 0 Å². The molecule has 1 aromatic carbocycles. The van der Waals surface area contributed by atoms with E-state index < -0.39 is 0 Å². The molecule has 0 saturated carbocycles. The summed E-state index contributed by atoms with van der Waals surface area (Å²) >= 11 is 0. The van der Waals surface area contributed by atoms with Crippen LogP contribution in [0.2, 0.25) is 0 Å². The molecule has 4 nitrogen and oxygen atoms in total. The van der Waals surface area contributed by atoms with Gasteiger partial charge in [0.15, 0.2) is 0 Å². The quantitative estimate of drug-likeness (QED) is 0.920. The van der Waals surface area contributed by atoms with Crippen molar-refractivity contribution in [2.45, 2.75) is 31.8 Å². The predicted octanol–water partition coefficient (Wildman–Crippen LogP) is 1.88. The first-order valence-electron chi connectivity index (χ1n) is 7.76. The Morgan fingerprint density at radius 3 is 2.43 bits per heavy atom. The first-order valence-corrected chi connectivity index (χ1v) is 7.76. The summed E-state index contributed by atoms with van der Waals surface area (Å²) in [5.41, 5.74) is 7.30. The van der Waals surface area contributed by atoms with E-state index in [1.165, 1.54) is 0 Å². The van der Waals surface area contributed by atoms with E-state index in [4.69, 9.17) is 5.73 Å². The summed E-state index contributed by atoms with van der Waals surface area (Å²) in [5.74, 6) is -0.0436. The fraction of sp³-hybridized carbons (Fsp3) is 0.588. The lowest BCUT2D eigenvalue weighted by Gasteiger charge is -2.37. The standard InChI is InChI=1S/C17H27N3O/c1-13(16(18)14-7-5-4-6-8-14)17(21)20(3)15-9-11-19(2)12-10-15/h4-8,13,15-16H,9-12,18H2,1-3H3. The smallest absolute Gasteiger partial charge is 0.227 e. The zero-order valence-electron chi connectivity index (χ0n) is 13.3. The van der Waals surface area contributed by atoms with E-state index in [-0.39, 0.29) is 17.9 Å². The fourth-order valence-electron chi connectivity index (χ4n) is 3.00. The predicted molar refractivity (Wildman–Crippen MR) is 85.8 cm³/mol. The van der Waals surface area contributed by atoms with Gasteiger partial charge in [-0.05, 0) is 38.5 Å². The molecule has 116 valence electrons. The lowest BCUT2D eigenvalue weighted by molar-refractivity contribution is -0.137. The van der Waals surface area contributed by atoms with Crippen LogP contribution >= 0.6 is 0 Å². The molecule has 1 aliphatic heterocycles. The Hall–Kier alpha value is -1.39. The molecular weight excluding hydrogens is 262 g/mol. The first kappa shape index (κ1) is 16.0. The molecule has 1 amide bonds. The highest BCUT2D eigenvalue weighted by Crippen LogP contribution is 2.23. The van der Waals surface area contributed by atoms with Crippen LogP contribution < -0.4 is 5.73 Å². The molecule has 1 fully saturated rings. The zero-order chi connectivity index (χ0) is 15.4. The molecule has 2 unspecified atom stereocenters. The molecule has 0 bridgehead atoms. The van der Waals surface area contributed by atoms with E-state index in [0.717, 1.165) is 31.5 Å². The number of likely N-dealkylation sites (tertiary alicyclic amines) is 1. The molecule has 0 aromatic heterocycles. The molecule has 2 N–H and O–H groups in total. The third-order valence-corrected chi connectivity index (χ3v) is 4.70. The van der Waals surface area contributed by atoms with Gasteiger partial charge in [-0.2, -0.15) is 0 Å². The van der Waals surface area contributed by atoms with Crippen molar-refractivity contribution in [3.05, 3.63) is 35.9 Å². The first-order chi connectivity index (χ1) is 10.0. The van der Waals surface area contributed by atoms with Gasteiger partial charge in [0.25, 0.3) is 0 Å². The van der Waals surface area contributed by atoms with Crippen LogP contribution in [0.4, 0.5) is 0 Å². The molecule has 1 heterocycles. The number of nitrogens with two attached hydrogens (primary N) is 1. The second kappa shape index (κ2) is 7.05. The summed E-state index contributed by atoms with van der Waals surface area (Å²) in [6.07, 6.45) is 2.10. The molecule has 0 aliphatic carbocycles. The molecule has 1 aliphatic rings. The van der Waals surface area contributed by atoms with Crippen molar-refractivity contribution >= 4 is 5.91 Å². The third kappa shape index (κ3) is 3.83. The normalized spacial score (nSPS) is 20.0. The van der Waals surface area contributed by atoms with Gasteiger partial charge in [0.05, 0.1) is 5.92 Å². The van der Waals surface area contributed by atoms with Gasteiger partial charge in [0, 0.05) is 19.1 Å². The van der Waals surface area contributed by atoms with Crippen molar-refractivity contribution in [1.82, 2.24) is 9.80 Å². The average molecular weight is 289 g/mol. The van der Waals surface area contributed by atoms with Crippen molar-refractivity contribution in [2.75, 3.05) is 27.2 Å². The van der Waals surface area contributed by atoms with Crippen molar-refractivity contribution in [3.63, 3.8) is 0 Å². The fourth-order valence-corrected chi connectivity index (χ4v) is 3.00. The molecule has 4 heteroatoms. The van der Waals surface area contributed by atoms with Crippen LogP contribution in [0.15, 0.2) is 30.3 Å². The van der Waals surface area contributed by atoms with Gasteiger partial charge in [-0.3, -0.25) is 4.79 Å². The minimum absolute atomic E-state index is 0.154. The second-order valence-electron chi connectivity index (χ2n) is 6.21. The van der Waals surface area contributed by atoms with Crippen LogP contribution in [0.1, 0.15) is 31.4 Å². The maximum atomic E-state index is 12.7. The summed E-state index contributed by atoms with van der Waals surface area (Å²) in [5, 5.41) is 0. The lowest BCUT2D eigenvalue weighted by Crippen LogP contribution is -2.47. The molecule has 0 radical (unpaired) electrons. The van der Waals surface area contributed by atoms with E-state index in [0.29, 0.717) is 6.04 Å². The highest BCUT2D eigenvalue weighted by molar-refractivity contribution is 5.79. The molecule has 1 saturated heterocycles. The van der Waals surface area contributed by atoms with E-state index in [1.807, 2.05) is 49.2 Å². The minimum atomic E-state index is -0.243. The van der Waals surface area contributed by atoms with E-state index in [2.05, 4.69) is 11.9 Å². The molecule has 0 spiro atoms. The maximum Gasteiger partial charge on any atom is 0.227 e. The SMILES string of the molecule is CC(C(=O)N(C)C1CCN(C)CC1)C(N)c1ccccc1. The van der Waals surface area contributed by atoms with E-state index >= 15 is 0 Å². The molecule has 1 aromatic rings. The Kier molecular flexibility index (Phi) is 5.37. The number of nitrogens with zero attached hydrogens (tertiary/aromatic N) is 2. The monoisotopic (exact) mass is 289 g/mol. The van der Waals surface area contributed by atoms with E-state index in [1.54, 1.807) is 0 Å². The molecule has 2 atom stereocenters. The van der Waals surface area contributed by atoms with Gasteiger partial charge >= 0.3 is 0 Å². The third-order valence-electron chi connectivity index (χ3n) is 4.70. The highest BCUT2D eigenvalue weighted by atomic mass is 16.2. The van der Waals surface area contributed by atoms with Crippen LogP contribution in [-0.4, -0.2) is 48.9 Å². The van der Waals surface area contributed by atoms with Gasteiger partial charge in [-0.25, -0.2) is 0 Å². The Labute approximate surface area is 127 Å². The number of benzene rings is 1. The topological polar surface area (TPSA) is 49.6 Å². The summed E-state index contributed by atoms with van der Waals surface area (Å²) in [6, 6.07) is 9.98. The number of piperidine rings is 1. The van der Waals surface area contributed by atoms with Crippen LogP contribution in [0.5, 0.6) is 0 Å². The zero-order valence-corrected chi connectivity index (χ0v) is 13.3. The summed E-state index contributed by atoms with van der Waals surface area (Å²) < 4.78 is 0. The van der Waals surface area contributed by atoms with Crippen LogP contribution in [0.3, 0.4) is 0 Å². The molecule has 2 rings (SSSR count). The number of hydrogen-bond acceptors (Lipinski definition) is 3. The van der Waals surface area contributed by atoms with Gasteiger partial charge in [-0.1, -0.05) is 37.3 Å². The average Bonchev–Trinajstić information content (AvgIpc) is 2.53. The van der Waals surface area contributed by atoms with Crippen LogP contribution in [0.25, 0.3) is 0 Å². The van der Waals surface area contributed by atoms with E-state index in [9.17, 15) is 4.79 Å². The number of rotatable bonds is 4.